The van der Waals surface area contributed by atoms with Crippen molar-refractivity contribution in [3.8, 4) is 0 Å². The molecule has 5 heteroatoms. The fourth-order valence-electron chi connectivity index (χ4n) is 1.67. The Morgan fingerprint density at radius 2 is 2.08 bits per heavy atom. The summed E-state index contributed by atoms with van der Waals surface area (Å²) in [5, 5.41) is 7.56. The van der Waals surface area contributed by atoms with Crippen molar-refractivity contribution in [1.29, 1.82) is 0 Å². The van der Waals surface area contributed by atoms with Gasteiger partial charge in [0.15, 0.2) is 0 Å². The number of likely N-dealkylation sites (tertiary alicyclic amines) is 1. The molecule has 2 heterocycles. The molecule has 0 amide bonds. The topological polar surface area (TPSA) is 68.2 Å². The lowest BCUT2D eigenvalue weighted by atomic mass is 9.97. The highest BCUT2D eigenvalue weighted by Crippen LogP contribution is 2.26. The number of piperidine rings is 1. The van der Waals surface area contributed by atoms with Gasteiger partial charge in [0.1, 0.15) is 0 Å². The van der Waals surface area contributed by atoms with Crippen LogP contribution in [0.5, 0.6) is 0 Å². The fourth-order valence-corrected chi connectivity index (χ4v) is 1.67. The third kappa shape index (κ3) is 1.80. The predicted molar refractivity (Wildman–Crippen MR) is 48.2 cm³/mol. The van der Waals surface area contributed by atoms with Gasteiger partial charge < -0.3 is 15.1 Å². The van der Waals surface area contributed by atoms with Crippen LogP contribution < -0.4 is 5.73 Å². The van der Waals surface area contributed by atoms with Crippen LogP contribution in [0.3, 0.4) is 0 Å². The molecule has 5 nitrogen and oxygen atoms in total. The summed E-state index contributed by atoms with van der Waals surface area (Å²) >= 11 is 0. The van der Waals surface area contributed by atoms with Gasteiger partial charge in [0, 0.05) is 5.92 Å². The van der Waals surface area contributed by atoms with Crippen molar-refractivity contribution in [1.82, 2.24) is 15.1 Å². The van der Waals surface area contributed by atoms with E-state index in [1.54, 1.807) is 0 Å². The Balaban J connectivity index is 2.02. The van der Waals surface area contributed by atoms with Gasteiger partial charge in [-0.05, 0) is 33.0 Å². The van der Waals surface area contributed by atoms with Crippen LogP contribution in [0.15, 0.2) is 4.42 Å². The van der Waals surface area contributed by atoms with Crippen molar-refractivity contribution in [2.45, 2.75) is 18.8 Å². The van der Waals surface area contributed by atoms with Crippen molar-refractivity contribution in [3.05, 3.63) is 5.89 Å². The number of nitrogen functional groups attached to an aromatic ring is 1. The summed E-state index contributed by atoms with van der Waals surface area (Å²) in [4.78, 5) is 2.30. The maximum atomic E-state index is 5.36. The van der Waals surface area contributed by atoms with E-state index in [4.69, 9.17) is 10.2 Å². The normalized spacial score (nSPS) is 20.7. The minimum Gasteiger partial charge on any atom is -0.408 e. The zero-order valence-corrected chi connectivity index (χ0v) is 7.73. The first-order valence-electron chi connectivity index (χ1n) is 4.53. The molecule has 0 radical (unpaired) electrons. The van der Waals surface area contributed by atoms with Gasteiger partial charge in [-0.2, -0.15) is 0 Å². The van der Waals surface area contributed by atoms with Crippen LogP contribution in [0, 0.1) is 0 Å². The van der Waals surface area contributed by atoms with Crippen LogP contribution in [0.2, 0.25) is 0 Å². The molecule has 2 N–H and O–H groups in total. The van der Waals surface area contributed by atoms with Gasteiger partial charge >= 0.3 is 6.01 Å². The smallest absolute Gasteiger partial charge is 0.312 e. The van der Waals surface area contributed by atoms with Gasteiger partial charge in [-0.1, -0.05) is 5.10 Å². The minimum absolute atomic E-state index is 0.175. The van der Waals surface area contributed by atoms with Crippen molar-refractivity contribution >= 4 is 6.01 Å². The molecule has 72 valence electrons. The van der Waals surface area contributed by atoms with E-state index in [-0.39, 0.29) is 6.01 Å². The summed E-state index contributed by atoms with van der Waals surface area (Å²) in [5.74, 6) is 1.10. The molecule has 0 saturated carbocycles. The van der Waals surface area contributed by atoms with Gasteiger partial charge in [0.2, 0.25) is 5.89 Å². The molecular formula is C8H14N4O. The number of hydrogen-bond donors (Lipinski definition) is 1. The van der Waals surface area contributed by atoms with Gasteiger partial charge in [-0.25, -0.2) is 0 Å². The summed E-state index contributed by atoms with van der Waals surface area (Å²) in [5.41, 5.74) is 5.36. The SMILES string of the molecule is CN1CCC(c2nnc(N)o2)CC1. The van der Waals surface area contributed by atoms with Crippen LogP contribution in [-0.4, -0.2) is 35.2 Å². The first kappa shape index (κ1) is 8.50. The highest BCUT2D eigenvalue weighted by molar-refractivity contribution is 5.07. The summed E-state index contributed by atoms with van der Waals surface area (Å²) in [6.07, 6.45) is 2.16. The molecular weight excluding hydrogens is 168 g/mol. The third-order valence-corrected chi connectivity index (χ3v) is 2.52. The Hall–Kier alpha value is -1.10. The molecule has 0 bridgehead atoms. The lowest BCUT2D eigenvalue weighted by Gasteiger charge is -2.26. The van der Waals surface area contributed by atoms with E-state index in [1.807, 2.05) is 0 Å². The Morgan fingerprint density at radius 3 is 2.62 bits per heavy atom. The first-order valence-corrected chi connectivity index (χ1v) is 4.53. The van der Waals surface area contributed by atoms with E-state index in [2.05, 4.69) is 22.1 Å². The number of aromatic nitrogens is 2. The highest BCUT2D eigenvalue weighted by atomic mass is 16.4. The van der Waals surface area contributed by atoms with Crippen molar-refractivity contribution in [3.63, 3.8) is 0 Å². The standard InChI is InChI=1S/C8H14N4O/c1-12-4-2-6(3-5-12)7-10-11-8(9)13-7/h6H,2-5H2,1H3,(H2,9,11). The van der Waals surface area contributed by atoms with E-state index in [9.17, 15) is 0 Å². The molecule has 1 aliphatic rings. The second-order valence-electron chi connectivity index (χ2n) is 3.56. The van der Waals surface area contributed by atoms with E-state index < -0.39 is 0 Å². The second-order valence-corrected chi connectivity index (χ2v) is 3.56. The molecule has 0 aliphatic carbocycles. The maximum Gasteiger partial charge on any atom is 0.312 e. The largest absolute Gasteiger partial charge is 0.408 e. The Bertz CT molecular complexity index is 277. The van der Waals surface area contributed by atoms with Gasteiger partial charge in [-0.15, -0.1) is 5.10 Å². The van der Waals surface area contributed by atoms with Crippen LogP contribution in [0.4, 0.5) is 6.01 Å². The molecule has 1 saturated heterocycles. The minimum atomic E-state index is 0.175. The summed E-state index contributed by atoms with van der Waals surface area (Å²) in [7, 11) is 2.12. The van der Waals surface area contributed by atoms with Crippen LogP contribution in [0.1, 0.15) is 24.7 Å². The molecule has 1 aromatic heterocycles. The van der Waals surface area contributed by atoms with E-state index in [0.717, 1.165) is 25.9 Å². The number of anilines is 1. The van der Waals surface area contributed by atoms with E-state index in [1.165, 1.54) is 0 Å². The monoisotopic (exact) mass is 182 g/mol. The molecule has 13 heavy (non-hydrogen) atoms. The lowest BCUT2D eigenvalue weighted by Crippen LogP contribution is -2.29. The summed E-state index contributed by atoms with van der Waals surface area (Å²) in [6, 6.07) is 0.175. The van der Waals surface area contributed by atoms with Crippen molar-refractivity contribution in [2.24, 2.45) is 0 Å². The average molecular weight is 182 g/mol. The van der Waals surface area contributed by atoms with Crippen molar-refractivity contribution < 1.29 is 4.42 Å². The molecule has 0 atom stereocenters. The summed E-state index contributed by atoms with van der Waals surface area (Å²) in [6.45, 7) is 2.18. The Labute approximate surface area is 76.9 Å². The third-order valence-electron chi connectivity index (χ3n) is 2.52. The van der Waals surface area contributed by atoms with E-state index >= 15 is 0 Å². The van der Waals surface area contributed by atoms with Gasteiger partial charge in [0.25, 0.3) is 0 Å². The number of rotatable bonds is 1. The Morgan fingerprint density at radius 1 is 1.38 bits per heavy atom. The zero-order valence-electron chi connectivity index (χ0n) is 7.73. The van der Waals surface area contributed by atoms with Crippen molar-refractivity contribution in [2.75, 3.05) is 25.9 Å². The fraction of sp³-hybridized carbons (Fsp3) is 0.750. The van der Waals surface area contributed by atoms with E-state index in [0.29, 0.717) is 11.8 Å². The molecule has 2 rings (SSSR count). The maximum absolute atomic E-state index is 5.36. The molecule has 0 spiro atoms. The first-order chi connectivity index (χ1) is 6.25. The van der Waals surface area contributed by atoms with Gasteiger partial charge in [0.05, 0.1) is 0 Å². The number of nitrogens with zero attached hydrogens (tertiary/aromatic N) is 3. The highest BCUT2D eigenvalue weighted by Gasteiger charge is 2.22. The number of nitrogens with two attached hydrogens (primary N) is 1. The average Bonchev–Trinajstić information content (AvgIpc) is 2.53. The van der Waals surface area contributed by atoms with Crippen LogP contribution >= 0.6 is 0 Å². The quantitative estimate of drug-likeness (QED) is 0.683. The zero-order chi connectivity index (χ0) is 9.26. The van der Waals surface area contributed by atoms with Crippen LogP contribution in [0.25, 0.3) is 0 Å². The molecule has 1 fully saturated rings. The van der Waals surface area contributed by atoms with Gasteiger partial charge in [-0.3, -0.25) is 0 Å². The molecule has 1 aromatic rings. The molecule has 0 aromatic carbocycles. The molecule has 0 unspecified atom stereocenters. The lowest BCUT2D eigenvalue weighted by molar-refractivity contribution is 0.238. The number of hydrogen-bond acceptors (Lipinski definition) is 5. The summed E-state index contributed by atoms with van der Waals surface area (Å²) < 4.78 is 5.20. The molecule has 1 aliphatic heterocycles. The van der Waals surface area contributed by atoms with Crippen LogP contribution in [-0.2, 0) is 0 Å². The second kappa shape index (κ2) is 3.33. The Kier molecular flexibility index (Phi) is 2.18. The predicted octanol–water partition coefficient (Wildman–Crippen LogP) is 0.461.